The van der Waals surface area contributed by atoms with Gasteiger partial charge in [0.1, 0.15) is 0 Å². The molecule has 0 bridgehead atoms. The second-order valence-corrected chi connectivity index (χ2v) is 7.46. The lowest BCUT2D eigenvalue weighted by Gasteiger charge is -2.30. The van der Waals surface area contributed by atoms with Crippen molar-refractivity contribution >= 4 is 5.91 Å². The van der Waals surface area contributed by atoms with Crippen LogP contribution in [0.2, 0.25) is 0 Å². The number of carbonyl (C=O) groups is 1. The molecule has 2 aromatic heterocycles. The van der Waals surface area contributed by atoms with E-state index in [-0.39, 0.29) is 5.91 Å². The summed E-state index contributed by atoms with van der Waals surface area (Å²) >= 11 is 0. The smallest absolute Gasteiger partial charge is 0.252 e. The maximum absolute atomic E-state index is 12.3. The molecule has 0 spiro atoms. The molecule has 8 heteroatoms. The first-order valence-corrected chi connectivity index (χ1v) is 9.63. The van der Waals surface area contributed by atoms with Crippen LogP contribution in [0.5, 0.6) is 0 Å². The maximum Gasteiger partial charge on any atom is 0.252 e. The molecule has 1 N–H and O–H groups in total. The van der Waals surface area contributed by atoms with Crippen LogP contribution in [-0.2, 0) is 17.8 Å². The largest absolute Gasteiger partial charge is 0.381 e. The molecular formula is C19H26N6O2. The zero-order chi connectivity index (χ0) is 18.5. The van der Waals surface area contributed by atoms with Gasteiger partial charge in [0.25, 0.3) is 5.91 Å². The Morgan fingerprint density at radius 2 is 2.04 bits per heavy atom. The van der Waals surface area contributed by atoms with Crippen molar-refractivity contribution in [2.75, 3.05) is 32.8 Å². The van der Waals surface area contributed by atoms with Crippen molar-refractivity contribution in [2.24, 2.45) is 11.8 Å². The molecule has 1 atom stereocenters. The fraction of sp³-hybridized carbons (Fsp3) is 0.579. The quantitative estimate of drug-likeness (QED) is 0.844. The van der Waals surface area contributed by atoms with Gasteiger partial charge in [-0.1, -0.05) is 0 Å². The second-order valence-electron chi connectivity index (χ2n) is 7.46. The van der Waals surface area contributed by atoms with Crippen LogP contribution in [0.15, 0.2) is 30.7 Å². The van der Waals surface area contributed by atoms with Crippen molar-refractivity contribution in [2.45, 2.75) is 25.9 Å². The minimum Gasteiger partial charge on any atom is -0.381 e. The monoisotopic (exact) mass is 370 g/mol. The van der Waals surface area contributed by atoms with Gasteiger partial charge in [-0.15, -0.1) is 0 Å². The van der Waals surface area contributed by atoms with Crippen LogP contribution in [0, 0.1) is 11.8 Å². The molecule has 4 rings (SSSR count). The van der Waals surface area contributed by atoms with Gasteiger partial charge in [0.2, 0.25) is 0 Å². The molecule has 0 saturated carbocycles. The molecule has 1 amide bonds. The van der Waals surface area contributed by atoms with Crippen LogP contribution < -0.4 is 5.32 Å². The van der Waals surface area contributed by atoms with E-state index in [0.717, 1.165) is 52.2 Å². The zero-order valence-corrected chi connectivity index (χ0v) is 15.5. The van der Waals surface area contributed by atoms with Crippen LogP contribution in [0.25, 0.3) is 0 Å². The molecule has 0 aromatic carbocycles. The van der Waals surface area contributed by atoms with Gasteiger partial charge in [-0.25, -0.2) is 0 Å². The van der Waals surface area contributed by atoms with Crippen molar-refractivity contribution in [1.82, 2.24) is 30.2 Å². The lowest BCUT2D eigenvalue weighted by Crippen LogP contribution is -2.39. The number of ether oxygens (including phenoxy) is 1. The van der Waals surface area contributed by atoms with Crippen molar-refractivity contribution in [3.63, 3.8) is 0 Å². The van der Waals surface area contributed by atoms with E-state index < -0.39 is 0 Å². The molecule has 2 aromatic rings. The van der Waals surface area contributed by atoms with E-state index in [2.05, 4.69) is 36.3 Å². The van der Waals surface area contributed by atoms with Crippen molar-refractivity contribution in [1.29, 1.82) is 0 Å². The average molecular weight is 370 g/mol. The highest BCUT2D eigenvalue weighted by Gasteiger charge is 2.25. The minimum absolute atomic E-state index is 0.106. The van der Waals surface area contributed by atoms with Gasteiger partial charge in [0.15, 0.2) is 0 Å². The van der Waals surface area contributed by atoms with E-state index in [9.17, 15) is 4.79 Å². The van der Waals surface area contributed by atoms with Crippen LogP contribution in [0.3, 0.4) is 0 Å². The Morgan fingerprint density at radius 1 is 1.15 bits per heavy atom. The first-order valence-electron chi connectivity index (χ1n) is 9.63. The van der Waals surface area contributed by atoms with Crippen molar-refractivity contribution in [3.05, 3.63) is 42.0 Å². The minimum atomic E-state index is -0.106. The first-order chi connectivity index (χ1) is 13.3. The van der Waals surface area contributed by atoms with E-state index in [0.29, 0.717) is 23.9 Å². The number of nitrogens with zero attached hydrogens (tertiary/aromatic N) is 5. The third kappa shape index (κ3) is 4.70. The second kappa shape index (κ2) is 8.58. The topological polar surface area (TPSA) is 85.2 Å². The lowest BCUT2D eigenvalue weighted by molar-refractivity contribution is 0.0494. The van der Waals surface area contributed by atoms with E-state index >= 15 is 0 Å². The van der Waals surface area contributed by atoms with E-state index in [1.54, 1.807) is 6.07 Å². The third-order valence-electron chi connectivity index (χ3n) is 5.39. The number of carbonyl (C=O) groups excluding carboxylic acids is 1. The number of aromatic nitrogens is 4. The standard InChI is InChI=1S/C19H26N6O2/c26-19(17-1-5-21-22-10-17)20-9-16-12-24(11-15-3-7-27-8-4-15)14-18-2-6-23-25(18)13-16/h1-2,5-6,10,15-16H,3-4,7-9,11-14H2,(H,20,26)/t16-/m1/s1. The van der Waals surface area contributed by atoms with Crippen LogP contribution in [-0.4, -0.2) is 63.6 Å². The number of fused-ring (bicyclic) bond motifs is 1. The van der Waals surface area contributed by atoms with E-state index in [4.69, 9.17) is 4.74 Å². The zero-order valence-electron chi connectivity index (χ0n) is 15.5. The lowest BCUT2D eigenvalue weighted by atomic mass is 9.99. The van der Waals surface area contributed by atoms with E-state index in [1.807, 2.05) is 6.20 Å². The van der Waals surface area contributed by atoms with Gasteiger partial charge in [-0.05, 0) is 30.9 Å². The van der Waals surface area contributed by atoms with E-state index in [1.165, 1.54) is 18.1 Å². The Labute approximate surface area is 158 Å². The molecule has 2 aliphatic heterocycles. The Kier molecular flexibility index (Phi) is 5.74. The third-order valence-corrected chi connectivity index (χ3v) is 5.39. The summed E-state index contributed by atoms with van der Waals surface area (Å²) in [6.07, 6.45) is 7.15. The summed E-state index contributed by atoms with van der Waals surface area (Å²) in [6, 6.07) is 3.78. The fourth-order valence-electron chi connectivity index (χ4n) is 3.95. The van der Waals surface area contributed by atoms with Crippen LogP contribution in [0.4, 0.5) is 0 Å². The fourth-order valence-corrected chi connectivity index (χ4v) is 3.95. The number of hydrogen-bond donors (Lipinski definition) is 1. The normalized spacial score (nSPS) is 21.4. The summed E-state index contributed by atoms with van der Waals surface area (Å²) < 4.78 is 7.57. The molecular weight excluding hydrogens is 344 g/mol. The highest BCUT2D eigenvalue weighted by molar-refractivity contribution is 5.93. The van der Waals surface area contributed by atoms with Gasteiger partial charge >= 0.3 is 0 Å². The van der Waals surface area contributed by atoms with Gasteiger partial charge in [0, 0.05) is 58.1 Å². The maximum atomic E-state index is 12.3. The summed E-state index contributed by atoms with van der Waals surface area (Å²) in [5, 5.41) is 15.0. The molecule has 27 heavy (non-hydrogen) atoms. The summed E-state index contributed by atoms with van der Waals surface area (Å²) in [6.45, 7) is 6.12. The van der Waals surface area contributed by atoms with Crippen LogP contribution in [0.1, 0.15) is 28.9 Å². The summed E-state index contributed by atoms with van der Waals surface area (Å²) in [4.78, 5) is 14.9. The number of rotatable bonds is 5. The molecule has 144 valence electrons. The predicted octanol–water partition coefficient (Wildman–Crippen LogP) is 0.961. The van der Waals surface area contributed by atoms with Gasteiger partial charge < -0.3 is 10.1 Å². The first kappa shape index (κ1) is 18.1. The molecule has 1 fully saturated rings. The van der Waals surface area contributed by atoms with Crippen LogP contribution >= 0.6 is 0 Å². The molecule has 4 heterocycles. The highest BCUT2D eigenvalue weighted by atomic mass is 16.5. The molecule has 0 unspecified atom stereocenters. The predicted molar refractivity (Wildman–Crippen MR) is 98.9 cm³/mol. The molecule has 0 radical (unpaired) electrons. The molecule has 8 nitrogen and oxygen atoms in total. The Bertz CT molecular complexity index is 744. The van der Waals surface area contributed by atoms with Crippen molar-refractivity contribution < 1.29 is 9.53 Å². The SMILES string of the molecule is O=C(NC[C@@H]1CN(CC2CCOCC2)Cc2ccnn2C1)c1ccnnc1. The van der Waals surface area contributed by atoms with Gasteiger partial charge in [-0.3, -0.25) is 14.4 Å². The summed E-state index contributed by atoms with van der Waals surface area (Å²) in [5.74, 6) is 0.891. The Hall–Kier alpha value is -2.32. The van der Waals surface area contributed by atoms with Crippen molar-refractivity contribution in [3.8, 4) is 0 Å². The summed E-state index contributed by atoms with van der Waals surface area (Å²) in [7, 11) is 0. The molecule has 2 aliphatic rings. The molecule has 0 aliphatic carbocycles. The average Bonchev–Trinajstić information content (AvgIpc) is 3.06. The number of amides is 1. The highest BCUT2D eigenvalue weighted by Crippen LogP contribution is 2.21. The number of nitrogens with one attached hydrogen (secondary N) is 1. The van der Waals surface area contributed by atoms with Gasteiger partial charge in [0.05, 0.1) is 23.7 Å². The number of hydrogen-bond acceptors (Lipinski definition) is 6. The van der Waals surface area contributed by atoms with Gasteiger partial charge in [-0.2, -0.15) is 15.3 Å². The Morgan fingerprint density at radius 3 is 2.85 bits per heavy atom. The Balaban J connectivity index is 1.39. The molecule has 1 saturated heterocycles. The summed E-state index contributed by atoms with van der Waals surface area (Å²) in [5.41, 5.74) is 1.78.